The third kappa shape index (κ3) is 2.16. The van der Waals surface area contributed by atoms with Crippen LogP contribution in [-0.4, -0.2) is 30.2 Å². The summed E-state index contributed by atoms with van der Waals surface area (Å²) >= 11 is 6.66. The minimum atomic E-state index is -4.07. The van der Waals surface area contributed by atoms with Gasteiger partial charge in [-0.2, -0.15) is 0 Å². The molecule has 1 aliphatic heterocycles. The number of carbonyl (C=O) groups is 2. The van der Waals surface area contributed by atoms with Crippen molar-refractivity contribution in [1.82, 2.24) is 9.62 Å². The number of imide groups is 1. The van der Waals surface area contributed by atoms with E-state index in [-0.39, 0.29) is 4.21 Å². The van der Waals surface area contributed by atoms with Crippen molar-refractivity contribution in [2.45, 2.75) is 41.9 Å². The lowest BCUT2D eigenvalue weighted by molar-refractivity contribution is -0.126. The van der Waals surface area contributed by atoms with E-state index in [1.54, 1.807) is 0 Å². The van der Waals surface area contributed by atoms with Crippen LogP contribution < -0.4 is 5.32 Å². The average Bonchev–Trinajstić information content (AvgIpc) is 2.95. The predicted molar refractivity (Wildman–Crippen MR) is 77.7 cm³/mol. The minimum Gasteiger partial charge on any atom is -0.275 e. The zero-order valence-corrected chi connectivity index (χ0v) is 13.4. The first-order valence-electron chi connectivity index (χ1n) is 6.54. The monoisotopic (exact) mass is 348 g/mol. The van der Waals surface area contributed by atoms with Crippen LogP contribution in [0.2, 0.25) is 4.34 Å². The van der Waals surface area contributed by atoms with Crippen molar-refractivity contribution in [3.05, 3.63) is 16.5 Å². The number of halogens is 1. The molecule has 1 aromatic heterocycles. The summed E-state index contributed by atoms with van der Waals surface area (Å²) in [5.41, 5.74) is -1.27. The van der Waals surface area contributed by atoms with E-state index < -0.39 is 27.5 Å². The van der Waals surface area contributed by atoms with E-state index in [9.17, 15) is 18.0 Å². The molecule has 0 radical (unpaired) electrons. The highest BCUT2D eigenvalue weighted by atomic mass is 35.5. The predicted octanol–water partition coefficient (Wildman–Crippen LogP) is 2.34. The summed E-state index contributed by atoms with van der Waals surface area (Å²) in [6, 6.07) is 1.95. The number of rotatable bonds is 2. The van der Waals surface area contributed by atoms with E-state index in [1.807, 2.05) is 0 Å². The van der Waals surface area contributed by atoms with Crippen LogP contribution in [0.4, 0.5) is 4.79 Å². The molecule has 0 unspecified atom stereocenters. The number of nitrogens with zero attached hydrogens (tertiary/aromatic N) is 1. The highest BCUT2D eigenvalue weighted by molar-refractivity contribution is 7.92. The quantitative estimate of drug-likeness (QED) is 0.831. The number of amides is 3. The molecule has 1 aliphatic carbocycles. The molecule has 0 bridgehead atoms. The Hall–Kier alpha value is -1.12. The SMILES string of the molecule is O=C1NC(=O)C2(CCCCC2)N1S(=O)(=O)c1ccc(Cl)s1. The molecule has 2 fully saturated rings. The number of hydrogen-bond donors (Lipinski definition) is 1. The van der Waals surface area contributed by atoms with Gasteiger partial charge in [-0.1, -0.05) is 30.9 Å². The molecule has 6 nitrogen and oxygen atoms in total. The Balaban J connectivity index is 2.10. The van der Waals surface area contributed by atoms with Crippen molar-refractivity contribution in [1.29, 1.82) is 0 Å². The van der Waals surface area contributed by atoms with E-state index in [0.717, 1.165) is 34.9 Å². The molecule has 3 amide bonds. The van der Waals surface area contributed by atoms with Gasteiger partial charge in [-0.05, 0) is 25.0 Å². The molecule has 21 heavy (non-hydrogen) atoms. The van der Waals surface area contributed by atoms with E-state index >= 15 is 0 Å². The largest absolute Gasteiger partial charge is 0.339 e. The Morgan fingerprint density at radius 1 is 1.19 bits per heavy atom. The molecule has 2 heterocycles. The summed E-state index contributed by atoms with van der Waals surface area (Å²) in [4.78, 5) is 24.3. The van der Waals surface area contributed by atoms with Gasteiger partial charge < -0.3 is 0 Å². The van der Waals surface area contributed by atoms with Gasteiger partial charge in [-0.15, -0.1) is 11.3 Å². The van der Waals surface area contributed by atoms with Crippen molar-refractivity contribution in [2.24, 2.45) is 0 Å². The lowest BCUT2D eigenvalue weighted by atomic mass is 9.82. The minimum absolute atomic E-state index is 0.0256. The normalized spacial score (nSPS) is 21.9. The summed E-state index contributed by atoms with van der Waals surface area (Å²) in [5.74, 6) is -0.515. The molecule has 2 aliphatic rings. The van der Waals surface area contributed by atoms with Gasteiger partial charge in [0, 0.05) is 0 Å². The average molecular weight is 349 g/mol. The number of urea groups is 1. The second kappa shape index (κ2) is 4.96. The Morgan fingerprint density at radius 3 is 2.43 bits per heavy atom. The number of thiophene rings is 1. The Labute approximate surface area is 131 Å². The van der Waals surface area contributed by atoms with Crippen molar-refractivity contribution in [3.63, 3.8) is 0 Å². The molecule has 1 N–H and O–H groups in total. The summed E-state index contributed by atoms with van der Waals surface area (Å²) < 4.78 is 26.5. The van der Waals surface area contributed by atoms with E-state index in [2.05, 4.69) is 5.32 Å². The molecular formula is C12H13ClN2O4S2. The lowest BCUT2D eigenvalue weighted by Gasteiger charge is -2.36. The van der Waals surface area contributed by atoms with Gasteiger partial charge in [-0.25, -0.2) is 17.5 Å². The van der Waals surface area contributed by atoms with Crippen LogP contribution in [0, 0.1) is 0 Å². The molecule has 3 rings (SSSR count). The molecule has 9 heteroatoms. The van der Waals surface area contributed by atoms with Crippen molar-refractivity contribution in [2.75, 3.05) is 0 Å². The first kappa shape index (κ1) is 14.8. The third-order valence-electron chi connectivity index (χ3n) is 3.94. The maximum atomic E-state index is 12.7. The lowest BCUT2D eigenvalue weighted by Crippen LogP contribution is -2.53. The molecule has 1 saturated heterocycles. The molecule has 114 valence electrons. The summed E-state index contributed by atoms with van der Waals surface area (Å²) in [5, 5.41) is 2.15. The topological polar surface area (TPSA) is 83.6 Å². The van der Waals surface area contributed by atoms with Gasteiger partial charge in [0.25, 0.3) is 15.9 Å². The number of carbonyl (C=O) groups excluding carboxylic acids is 2. The second-order valence-corrected chi connectivity index (χ2v) is 8.91. The van der Waals surface area contributed by atoms with Crippen molar-refractivity contribution >= 4 is 44.9 Å². The summed E-state index contributed by atoms with van der Waals surface area (Å²) in [7, 11) is -4.07. The molecule has 1 aromatic rings. The van der Waals surface area contributed by atoms with Crippen molar-refractivity contribution in [3.8, 4) is 0 Å². The summed E-state index contributed by atoms with van der Waals surface area (Å²) in [6.07, 6.45) is 3.10. The maximum absolute atomic E-state index is 12.7. The second-order valence-electron chi connectivity index (χ2n) is 5.18. The fourth-order valence-corrected chi connectivity index (χ4v) is 6.22. The molecule has 1 saturated carbocycles. The highest BCUT2D eigenvalue weighted by Gasteiger charge is 2.58. The Kier molecular flexibility index (Phi) is 3.50. The van der Waals surface area contributed by atoms with Gasteiger partial charge in [0.15, 0.2) is 0 Å². The van der Waals surface area contributed by atoms with Gasteiger partial charge in [0.05, 0.1) is 4.34 Å². The van der Waals surface area contributed by atoms with Gasteiger partial charge in [-0.3, -0.25) is 10.1 Å². The highest BCUT2D eigenvalue weighted by Crippen LogP contribution is 2.41. The van der Waals surface area contributed by atoms with Crippen LogP contribution in [0.3, 0.4) is 0 Å². The molecular weight excluding hydrogens is 336 g/mol. The van der Waals surface area contributed by atoms with Crippen LogP contribution in [0.15, 0.2) is 16.3 Å². The maximum Gasteiger partial charge on any atom is 0.339 e. The first-order valence-corrected chi connectivity index (χ1v) is 9.18. The van der Waals surface area contributed by atoms with E-state index in [0.29, 0.717) is 17.2 Å². The number of nitrogens with one attached hydrogen (secondary N) is 1. The molecule has 1 spiro atoms. The van der Waals surface area contributed by atoms with Gasteiger partial charge >= 0.3 is 6.03 Å². The number of sulfonamides is 1. The van der Waals surface area contributed by atoms with Crippen LogP contribution in [0.25, 0.3) is 0 Å². The van der Waals surface area contributed by atoms with Crippen LogP contribution in [0.5, 0.6) is 0 Å². The number of hydrogen-bond acceptors (Lipinski definition) is 5. The van der Waals surface area contributed by atoms with Crippen LogP contribution >= 0.6 is 22.9 Å². The zero-order chi connectivity index (χ0) is 15.3. The standard InChI is InChI=1S/C12H13ClN2O4S2/c13-8-4-5-9(20-8)21(18,19)15-11(17)14-10(16)12(15)6-2-1-3-7-12/h4-5H,1-3,6-7H2,(H,14,16,17). The van der Waals surface area contributed by atoms with Gasteiger partial charge in [0.1, 0.15) is 9.75 Å². The summed E-state index contributed by atoms with van der Waals surface area (Å²) in [6.45, 7) is 0. The third-order valence-corrected chi connectivity index (χ3v) is 7.49. The fourth-order valence-electron chi connectivity index (χ4n) is 2.98. The molecule has 0 aromatic carbocycles. The van der Waals surface area contributed by atoms with Crippen LogP contribution in [0.1, 0.15) is 32.1 Å². The molecule has 0 atom stereocenters. The van der Waals surface area contributed by atoms with E-state index in [4.69, 9.17) is 11.6 Å². The van der Waals surface area contributed by atoms with Gasteiger partial charge in [0.2, 0.25) is 0 Å². The zero-order valence-electron chi connectivity index (χ0n) is 11.0. The van der Waals surface area contributed by atoms with E-state index in [1.165, 1.54) is 12.1 Å². The fraction of sp³-hybridized carbons (Fsp3) is 0.500. The first-order chi connectivity index (χ1) is 9.88. The Morgan fingerprint density at radius 2 is 1.86 bits per heavy atom. The van der Waals surface area contributed by atoms with Crippen LogP contribution in [-0.2, 0) is 14.8 Å². The van der Waals surface area contributed by atoms with Crippen molar-refractivity contribution < 1.29 is 18.0 Å². The Bertz CT molecular complexity index is 707. The smallest absolute Gasteiger partial charge is 0.275 e.